The zero-order valence-electron chi connectivity index (χ0n) is 11.8. The third kappa shape index (κ3) is 2.10. The lowest BCUT2D eigenvalue weighted by atomic mass is 10.0. The van der Waals surface area contributed by atoms with Crippen molar-refractivity contribution < 1.29 is 9.84 Å². The summed E-state index contributed by atoms with van der Waals surface area (Å²) in [5, 5.41) is 11.7. The third-order valence-electron chi connectivity index (χ3n) is 4.60. The molecule has 2 aliphatic rings. The normalized spacial score (nSPS) is 28.3. The van der Waals surface area contributed by atoms with Gasteiger partial charge in [0.1, 0.15) is 11.3 Å². The quantitative estimate of drug-likeness (QED) is 0.919. The lowest BCUT2D eigenvalue weighted by Crippen LogP contribution is -2.44. The van der Waals surface area contributed by atoms with Gasteiger partial charge in [0, 0.05) is 12.1 Å². The summed E-state index contributed by atoms with van der Waals surface area (Å²) in [6.45, 7) is 0. The van der Waals surface area contributed by atoms with Gasteiger partial charge in [-0.3, -0.25) is 0 Å². The molecular weight excluding hydrogens is 308 g/mol. The maximum atomic E-state index is 9.94. The molecule has 0 spiro atoms. The van der Waals surface area contributed by atoms with E-state index in [0.717, 1.165) is 51.8 Å². The Morgan fingerprint density at radius 3 is 2.71 bits per heavy atom. The van der Waals surface area contributed by atoms with Crippen LogP contribution in [0.5, 0.6) is 5.75 Å². The molecule has 3 heterocycles. The number of rotatable bonds is 2. The lowest BCUT2D eigenvalue weighted by molar-refractivity contribution is 0.126. The van der Waals surface area contributed by atoms with Crippen LogP contribution in [0.15, 0.2) is 12.1 Å². The molecule has 0 radical (unpaired) electrons. The first-order chi connectivity index (χ1) is 10.2. The maximum absolute atomic E-state index is 9.94. The number of hydrogen-bond acceptors (Lipinski definition) is 5. The van der Waals surface area contributed by atoms with Crippen LogP contribution in [0.3, 0.4) is 0 Å². The molecule has 2 aromatic rings. The van der Waals surface area contributed by atoms with Crippen molar-refractivity contribution in [2.45, 2.75) is 43.9 Å². The highest BCUT2D eigenvalue weighted by Gasteiger charge is 2.41. The highest BCUT2D eigenvalue weighted by molar-refractivity contribution is 7.22. The molecule has 6 heteroatoms. The Balaban J connectivity index is 1.80. The van der Waals surface area contributed by atoms with Gasteiger partial charge in [-0.15, -0.1) is 0 Å². The van der Waals surface area contributed by atoms with E-state index in [1.165, 1.54) is 0 Å². The lowest BCUT2D eigenvalue weighted by Gasteiger charge is -2.36. The van der Waals surface area contributed by atoms with Crippen molar-refractivity contribution in [1.82, 2.24) is 4.98 Å². The first-order valence-corrected chi connectivity index (χ1v) is 8.46. The number of halogens is 1. The number of benzene rings is 1. The number of methoxy groups -OCH3 is 1. The molecule has 0 amide bonds. The van der Waals surface area contributed by atoms with Crippen LogP contribution in [-0.4, -0.2) is 35.4 Å². The average molecular weight is 325 g/mol. The fourth-order valence-electron chi connectivity index (χ4n) is 3.68. The molecular formula is C15H17ClN2O2S. The largest absolute Gasteiger partial charge is 0.494 e. The van der Waals surface area contributed by atoms with Crippen LogP contribution in [0.1, 0.15) is 25.7 Å². The van der Waals surface area contributed by atoms with E-state index in [1.54, 1.807) is 18.4 Å². The monoisotopic (exact) mass is 324 g/mol. The smallest absolute Gasteiger partial charge is 0.187 e. The highest BCUT2D eigenvalue weighted by atomic mass is 35.5. The van der Waals surface area contributed by atoms with Crippen LogP contribution < -0.4 is 9.64 Å². The van der Waals surface area contributed by atoms with Crippen molar-refractivity contribution in [1.29, 1.82) is 0 Å². The Hall–Kier alpha value is -1.04. The summed E-state index contributed by atoms with van der Waals surface area (Å²) in [5.41, 5.74) is 0.843. The van der Waals surface area contributed by atoms with E-state index in [0.29, 0.717) is 12.1 Å². The van der Waals surface area contributed by atoms with Crippen LogP contribution in [0, 0.1) is 0 Å². The molecule has 1 aromatic heterocycles. The molecule has 1 aromatic carbocycles. The third-order valence-corrected chi connectivity index (χ3v) is 6.13. The van der Waals surface area contributed by atoms with Crippen LogP contribution in [0.4, 0.5) is 5.13 Å². The Bertz CT molecular complexity index is 676. The maximum Gasteiger partial charge on any atom is 0.187 e. The van der Waals surface area contributed by atoms with Crippen LogP contribution in [0.2, 0.25) is 5.02 Å². The van der Waals surface area contributed by atoms with Crippen LogP contribution >= 0.6 is 22.9 Å². The van der Waals surface area contributed by atoms with Crippen molar-refractivity contribution in [3.05, 3.63) is 17.2 Å². The van der Waals surface area contributed by atoms with E-state index in [-0.39, 0.29) is 6.10 Å². The Morgan fingerprint density at radius 2 is 2.05 bits per heavy atom. The predicted octanol–water partition coefficient (Wildman–Crippen LogP) is 3.45. The molecule has 2 saturated heterocycles. The molecule has 2 bridgehead atoms. The van der Waals surface area contributed by atoms with Crippen molar-refractivity contribution in [3.63, 3.8) is 0 Å². The van der Waals surface area contributed by atoms with Crippen LogP contribution in [0.25, 0.3) is 10.2 Å². The molecule has 0 saturated carbocycles. The number of anilines is 1. The number of aliphatic hydroxyl groups excluding tert-OH is 1. The topological polar surface area (TPSA) is 45.6 Å². The fraction of sp³-hybridized carbons (Fsp3) is 0.533. The Labute approximate surface area is 132 Å². The fourth-order valence-corrected chi connectivity index (χ4v) is 5.08. The summed E-state index contributed by atoms with van der Waals surface area (Å²) >= 11 is 7.94. The minimum atomic E-state index is -0.161. The molecule has 21 heavy (non-hydrogen) atoms. The van der Waals surface area contributed by atoms with Gasteiger partial charge in [0.25, 0.3) is 0 Å². The minimum Gasteiger partial charge on any atom is -0.494 e. The number of hydrogen-bond donors (Lipinski definition) is 1. The molecule has 4 nitrogen and oxygen atoms in total. The van der Waals surface area contributed by atoms with Gasteiger partial charge >= 0.3 is 0 Å². The second-order valence-electron chi connectivity index (χ2n) is 5.84. The zero-order chi connectivity index (χ0) is 14.6. The molecule has 0 aliphatic carbocycles. The Kier molecular flexibility index (Phi) is 3.24. The second-order valence-corrected chi connectivity index (χ2v) is 7.23. The molecule has 4 rings (SSSR count). The van der Waals surface area contributed by atoms with Gasteiger partial charge in [0.2, 0.25) is 0 Å². The first-order valence-electron chi connectivity index (χ1n) is 7.27. The summed E-state index contributed by atoms with van der Waals surface area (Å²) in [5.74, 6) is 0.765. The SMILES string of the molecule is COc1ccc(Cl)c2sc(N3C4CCC3CC(O)C4)nc12. The van der Waals surface area contributed by atoms with Gasteiger partial charge in [-0.1, -0.05) is 22.9 Å². The van der Waals surface area contributed by atoms with Crippen molar-refractivity contribution in [2.75, 3.05) is 12.0 Å². The van der Waals surface area contributed by atoms with E-state index >= 15 is 0 Å². The van der Waals surface area contributed by atoms with Gasteiger partial charge in [-0.05, 0) is 37.8 Å². The summed E-state index contributed by atoms with van der Waals surface area (Å²) in [7, 11) is 1.66. The van der Waals surface area contributed by atoms with Gasteiger partial charge in [0.15, 0.2) is 5.13 Å². The van der Waals surface area contributed by atoms with Gasteiger partial charge in [-0.2, -0.15) is 0 Å². The van der Waals surface area contributed by atoms with E-state index in [2.05, 4.69) is 4.90 Å². The number of aromatic nitrogens is 1. The Morgan fingerprint density at radius 1 is 1.33 bits per heavy atom. The summed E-state index contributed by atoms with van der Waals surface area (Å²) in [4.78, 5) is 7.18. The minimum absolute atomic E-state index is 0.161. The predicted molar refractivity (Wildman–Crippen MR) is 85.7 cm³/mol. The molecule has 112 valence electrons. The standard InChI is InChI=1S/C15H17ClN2O2S/c1-20-12-5-4-11(16)14-13(12)17-15(21-14)18-8-2-3-9(18)7-10(19)6-8/h4-5,8-10,19H,2-3,6-7H2,1H3. The molecule has 2 fully saturated rings. The number of piperidine rings is 1. The van der Waals surface area contributed by atoms with Crippen molar-refractivity contribution >= 4 is 38.3 Å². The second kappa shape index (κ2) is 5.00. The van der Waals surface area contributed by atoms with Gasteiger partial charge in [0.05, 0.1) is 22.9 Å². The van der Waals surface area contributed by atoms with Gasteiger partial charge < -0.3 is 14.7 Å². The number of ether oxygens (including phenoxy) is 1. The van der Waals surface area contributed by atoms with E-state index in [9.17, 15) is 5.11 Å². The summed E-state index contributed by atoms with van der Waals surface area (Å²) < 4.78 is 6.38. The van der Waals surface area contributed by atoms with E-state index in [4.69, 9.17) is 21.3 Å². The average Bonchev–Trinajstić information content (AvgIpc) is 3.00. The van der Waals surface area contributed by atoms with E-state index in [1.807, 2.05) is 12.1 Å². The molecule has 2 atom stereocenters. The van der Waals surface area contributed by atoms with Gasteiger partial charge in [-0.25, -0.2) is 4.98 Å². The number of aliphatic hydroxyl groups is 1. The highest BCUT2D eigenvalue weighted by Crippen LogP contribution is 2.45. The number of thiazole rings is 1. The van der Waals surface area contributed by atoms with Crippen LogP contribution in [-0.2, 0) is 0 Å². The molecule has 2 unspecified atom stereocenters. The zero-order valence-corrected chi connectivity index (χ0v) is 13.3. The van der Waals surface area contributed by atoms with Crippen molar-refractivity contribution in [3.8, 4) is 5.75 Å². The summed E-state index contributed by atoms with van der Waals surface area (Å²) in [6, 6.07) is 4.54. The first kappa shape index (κ1) is 13.6. The molecule has 2 aliphatic heterocycles. The molecule has 1 N–H and O–H groups in total. The summed E-state index contributed by atoms with van der Waals surface area (Å²) in [6.07, 6.45) is 3.81. The van der Waals surface area contributed by atoms with Crippen molar-refractivity contribution in [2.24, 2.45) is 0 Å². The van der Waals surface area contributed by atoms with E-state index < -0.39 is 0 Å². The number of fused-ring (bicyclic) bond motifs is 3. The number of nitrogens with zero attached hydrogens (tertiary/aromatic N) is 2.